The van der Waals surface area contributed by atoms with E-state index in [0.717, 1.165) is 30.3 Å². The molecule has 9 nitrogen and oxygen atoms in total. The summed E-state index contributed by atoms with van der Waals surface area (Å²) >= 11 is 0. The van der Waals surface area contributed by atoms with E-state index in [4.69, 9.17) is 9.47 Å². The van der Waals surface area contributed by atoms with Crippen molar-refractivity contribution in [2.45, 2.75) is 76.9 Å². The molecule has 3 heterocycles. The third-order valence-electron chi connectivity index (χ3n) is 6.79. The van der Waals surface area contributed by atoms with Gasteiger partial charge in [-0.2, -0.15) is 0 Å². The van der Waals surface area contributed by atoms with E-state index in [1.807, 2.05) is 48.6 Å². The Hall–Kier alpha value is -2.98. The minimum atomic E-state index is -0.794. The normalized spacial score (nSPS) is 22.0. The van der Waals surface area contributed by atoms with Crippen LogP contribution in [0.25, 0.3) is 10.9 Å². The Kier molecular flexibility index (Phi) is 7.89. The summed E-state index contributed by atoms with van der Waals surface area (Å²) in [5.41, 5.74) is 0.305. The Morgan fingerprint density at radius 3 is 2.59 bits per heavy atom. The van der Waals surface area contributed by atoms with Crippen LogP contribution < -0.4 is 0 Å². The maximum Gasteiger partial charge on any atom is 0.305 e. The van der Waals surface area contributed by atoms with Crippen LogP contribution in [0.3, 0.4) is 0 Å². The van der Waals surface area contributed by atoms with E-state index in [-0.39, 0.29) is 35.9 Å². The van der Waals surface area contributed by atoms with Gasteiger partial charge in [0, 0.05) is 54.8 Å². The van der Waals surface area contributed by atoms with Crippen molar-refractivity contribution >= 4 is 29.3 Å². The lowest BCUT2D eigenvalue weighted by molar-refractivity contribution is -0.147. The molecule has 3 aliphatic rings. The summed E-state index contributed by atoms with van der Waals surface area (Å²) in [6.45, 7) is 8.80. The van der Waals surface area contributed by atoms with Crippen molar-refractivity contribution < 1.29 is 33.0 Å². The van der Waals surface area contributed by atoms with Gasteiger partial charge in [0.05, 0.1) is 20.3 Å². The summed E-state index contributed by atoms with van der Waals surface area (Å²) in [5, 5.41) is 0.810. The highest BCUT2D eigenvalue weighted by Gasteiger charge is 2.65. The number of ether oxygens (including phenoxy) is 3. The lowest BCUT2D eigenvalue weighted by atomic mass is 10.1. The third kappa shape index (κ3) is 6.30. The van der Waals surface area contributed by atoms with Crippen LogP contribution in [0.5, 0.6) is 0 Å². The number of halogens is 1. The zero-order valence-electron chi connectivity index (χ0n) is 22.0. The number of carbonyl (C=O) groups excluding carboxylic acids is 3. The number of aryl methyl sites for hydroxylation is 1. The van der Waals surface area contributed by atoms with E-state index in [1.165, 1.54) is 13.2 Å². The first-order valence-electron chi connectivity index (χ1n) is 12.7. The van der Waals surface area contributed by atoms with Crippen LogP contribution in [-0.2, 0) is 41.7 Å². The van der Waals surface area contributed by atoms with Gasteiger partial charge in [-0.3, -0.25) is 19.3 Å². The van der Waals surface area contributed by atoms with Crippen molar-refractivity contribution in [1.82, 2.24) is 14.4 Å². The fourth-order valence-corrected chi connectivity index (χ4v) is 4.58. The molecule has 0 N–H and O–H groups in total. The third-order valence-corrected chi connectivity index (χ3v) is 6.79. The number of carbonyl (C=O) groups is 3. The second-order valence-corrected chi connectivity index (χ2v) is 10.7. The minimum absolute atomic E-state index is 0.0320. The topological polar surface area (TPSA) is 90.1 Å². The molecule has 10 heteroatoms. The Morgan fingerprint density at radius 2 is 2.05 bits per heavy atom. The predicted octanol–water partition coefficient (Wildman–Crippen LogP) is 3.22. The molecule has 202 valence electrons. The number of amides is 1. The zero-order valence-corrected chi connectivity index (χ0v) is 22.0. The first-order valence-corrected chi connectivity index (χ1v) is 12.7. The van der Waals surface area contributed by atoms with Crippen molar-refractivity contribution in [3.8, 4) is 0 Å². The molecule has 2 aliphatic heterocycles. The largest absolute Gasteiger partial charge is 0.469 e. The van der Waals surface area contributed by atoms with Crippen molar-refractivity contribution in [3.63, 3.8) is 0 Å². The number of methoxy groups -OCH3 is 1. The molecule has 0 spiro atoms. The number of fused-ring (bicyclic) bond motifs is 2. The standard InChI is InChI=1S/C22H26FN3O4.C5H10O2/c1-29-20(27)3-2-7-24-8-6-15-11-18(23)16(12-19(15)24)13-26(17-4-5-17)21(28)22-14-25(22)9-10-30-22;1-5(2,3)7-4-6/h6,8,11-12,17H,2-5,7,9-10,13-14H2,1H3;4H,1-3H3/t22-,25?;/m1./s1. The van der Waals surface area contributed by atoms with E-state index in [0.29, 0.717) is 44.6 Å². The van der Waals surface area contributed by atoms with E-state index in [2.05, 4.69) is 4.74 Å². The number of hydrogen-bond acceptors (Lipinski definition) is 7. The molecular weight excluding hydrogens is 481 g/mol. The van der Waals surface area contributed by atoms with Gasteiger partial charge in [-0.05, 0) is 58.2 Å². The van der Waals surface area contributed by atoms with Crippen LogP contribution in [0.2, 0.25) is 0 Å². The second kappa shape index (κ2) is 10.8. The zero-order chi connectivity index (χ0) is 26.8. The van der Waals surface area contributed by atoms with Crippen LogP contribution in [0.15, 0.2) is 24.4 Å². The summed E-state index contributed by atoms with van der Waals surface area (Å²) in [6.07, 6.45) is 4.80. The maximum atomic E-state index is 14.9. The number of hydrogen-bond donors (Lipinski definition) is 0. The fourth-order valence-electron chi connectivity index (χ4n) is 4.58. The molecule has 3 fully saturated rings. The number of morpholine rings is 1. The first kappa shape index (κ1) is 27.1. The van der Waals surface area contributed by atoms with Crippen molar-refractivity contribution in [2.24, 2.45) is 0 Å². The van der Waals surface area contributed by atoms with Gasteiger partial charge in [-0.25, -0.2) is 4.39 Å². The van der Waals surface area contributed by atoms with Gasteiger partial charge in [0.15, 0.2) is 0 Å². The smallest absolute Gasteiger partial charge is 0.305 e. The average Bonchev–Trinajstić information content (AvgIpc) is 3.74. The lowest BCUT2D eigenvalue weighted by Crippen LogP contribution is -2.44. The summed E-state index contributed by atoms with van der Waals surface area (Å²) in [6, 6.07) is 5.41. The predicted molar refractivity (Wildman–Crippen MR) is 134 cm³/mol. The highest BCUT2D eigenvalue weighted by atomic mass is 19.1. The molecule has 0 radical (unpaired) electrons. The molecular formula is C27H36FN3O6. The summed E-state index contributed by atoms with van der Waals surface area (Å²) in [5.74, 6) is -0.569. The Bertz CT molecular complexity index is 1150. The Labute approximate surface area is 216 Å². The first-order chi connectivity index (χ1) is 17.6. The molecule has 1 aromatic carbocycles. The number of aromatic nitrogens is 1. The number of esters is 1. The molecule has 2 atom stereocenters. The monoisotopic (exact) mass is 517 g/mol. The van der Waals surface area contributed by atoms with Crippen molar-refractivity contribution in [2.75, 3.05) is 26.8 Å². The fraction of sp³-hybridized carbons (Fsp3) is 0.593. The van der Waals surface area contributed by atoms with Gasteiger partial charge < -0.3 is 23.7 Å². The highest BCUT2D eigenvalue weighted by Crippen LogP contribution is 2.42. The van der Waals surface area contributed by atoms with Crippen LogP contribution in [0.4, 0.5) is 4.39 Å². The summed E-state index contributed by atoms with van der Waals surface area (Å²) in [7, 11) is 1.38. The second-order valence-electron chi connectivity index (χ2n) is 10.7. The van der Waals surface area contributed by atoms with E-state index >= 15 is 0 Å². The van der Waals surface area contributed by atoms with Gasteiger partial charge >= 0.3 is 5.97 Å². The van der Waals surface area contributed by atoms with E-state index in [9.17, 15) is 18.8 Å². The van der Waals surface area contributed by atoms with Crippen LogP contribution in [0.1, 0.15) is 52.0 Å². The Balaban J connectivity index is 0.000000405. The SMILES string of the molecule is CC(C)(C)OC=O.COC(=O)CCCn1ccc2cc(F)c(CN(C(=O)[C@]34CN3CCO4)C3CC3)cc21. The van der Waals surface area contributed by atoms with Crippen molar-refractivity contribution in [3.05, 3.63) is 35.8 Å². The summed E-state index contributed by atoms with van der Waals surface area (Å²) < 4.78 is 31.9. The van der Waals surface area contributed by atoms with Crippen LogP contribution in [0, 0.1) is 5.82 Å². The average molecular weight is 518 g/mol. The Morgan fingerprint density at radius 1 is 1.30 bits per heavy atom. The molecule has 1 saturated carbocycles. The van der Waals surface area contributed by atoms with Crippen LogP contribution >= 0.6 is 0 Å². The molecule has 0 bridgehead atoms. The minimum Gasteiger partial charge on any atom is -0.469 e. The van der Waals surface area contributed by atoms with Gasteiger partial charge in [0.1, 0.15) is 11.4 Å². The molecule has 1 unspecified atom stereocenters. The van der Waals surface area contributed by atoms with Gasteiger partial charge in [0.2, 0.25) is 5.72 Å². The van der Waals surface area contributed by atoms with Gasteiger partial charge in [-0.15, -0.1) is 0 Å². The number of rotatable bonds is 9. The maximum absolute atomic E-state index is 14.9. The molecule has 37 heavy (non-hydrogen) atoms. The van der Waals surface area contributed by atoms with Gasteiger partial charge in [-0.1, -0.05) is 0 Å². The molecule has 2 aromatic rings. The lowest BCUT2D eigenvalue weighted by Gasteiger charge is -2.26. The summed E-state index contributed by atoms with van der Waals surface area (Å²) in [4.78, 5) is 38.0. The van der Waals surface area contributed by atoms with Gasteiger partial charge in [0.25, 0.3) is 12.4 Å². The van der Waals surface area contributed by atoms with E-state index < -0.39 is 5.72 Å². The molecule has 1 amide bonds. The molecule has 5 rings (SSSR count). The number of nitrogens with zero attached hydrogens (tertiary/aromatic N) is 3. The molecule has 1 aliphatic carbocycles. The quantitative estimate of drug-likeness (QED) is 0.287. The van der Waals surface area contributed by atoms with Crippen molar-refractivity contribution in [1.29, 1.82) is 0 Å². The van der Waals surface area contributed by atoms with Crippen LogP contribution in [-0.4, -0.2) is 76.9 Å². The molecule has 1 aromatic heterocycles. The molecule has 2 saturated heterocycles. The highest BCUT2D eigenvalue weighted by molar-refractivity contribution is 5.89. The van der Waals surface area contributed by atoms with E-state index in [1.54, 1.807) is 4.90 Å². The number of benzene rings is 1.